The molecule has 1 aromatic carbocycles. The van der Waals surface area contributed by atoms with Crippen LogP contribution in [0.5, 0.6) is 0 Å². The minimum atomic E-state index is -0.305. The first-order valence-electron chi connectivity index (χ1n) is 10.2. The number of carbonyl (C=O) groups is 2. The van der Waals surface area contributed by atoms with Gasteiger partial charge in [0.25, 0.3) is 0 Å². The molecule has 0 spiro atoms. The number of nitrogens with zero attached hydrogens (tertiary/aromatic N) is 2. The normalized spacial score (nSPS) is 15.3. The van der Waals surface area contributed by atoms with Crippen molar-refractivity contribution in [3.8, 4) is 0 Å². The smallest absolute Gasteiger partial charge is 0.243 e. The highest BCUT2D eigenvalue weighted by atomic mass is 35.5. The quantitative estimate of drug-likeness (QED) is 0.378. The molecule has 32 heavy (non-hydrogen) atoms. The molecular weight excluding hydrogens is 483 g/mol. The molecule has 0 aliphatic carbocycles. The molecule has 0 fully saturated rings. The molecule has 3 aromatic rings. The Morgan fingerprint density at radius 2 is 2.00 bits per heavy atom. The van der Waals surface area contributed by atoms with Crippen molar-refractivity contribution in [1.29, 1.82) is 0 Å². The van der Waals surface area contributed by atoms with Gasteiger partial charge in [-0.25, -0.2) is 0 Å². The monoisotopic (exact) mass is 504 g/mol. The van der Waals surface area contributed by atoms with Crippen LogP contribution >= 0.6 is 45.9 Å². The second kappa shape index (κ2) is 10.2. The van der Waals surface area contributed by atoms with Crippen molar-refractivity contribution in [2.24, 2.45) is 0 Å². The minimum Gasteiger partial charge on any atom is -0.330 e. The molecule has 4 rings (SSSR count). The standard InChI is InChI=1S/C24H22Cl2N2O2S2/c1-2-9-27(22(29)14-17-4-3-11-31-17)15-23(30)28-10-7-21-19(8-12-32-21)24(28)18-6-5-16(25)13-20(18)26/h2-6,8,11-13,24H,1,7,9-10,14-15H2. The van der Waals surface area contributed by atoms with Crippen LogP contribution in [0.4, 0.5) is 0 Å². The van der Waals surface area contributed by atoms with Crippen LogP contribution in [0.2, 0.25) is 10.0 Å². The summed E-state index contributed by atoms with van der Waals surface area (Å²) in [5.74, 6) is -0.200. The Labute approximate surface area is 205 Å². The zero-order chi connectivity index (χ0) is 22.7. The highest BCUT2D eigenvalue weighted by Gasteiger charge is 2.35. The number of hydrogen-bond donors (Lipinski definition) is 0. The summed E-state index contributed by atoms with van der Waals surface area (Å²) in [7, 11) is 0. The molecular formula is C24H22Cl2N2O2S2. The molecule has 3 heterocycles. The first kappa shape index (κ1) is 23.1. The van der Waals surface area contributed by atoms with E-state index in [1.807, 2.05) is 33.9 Å². The molecule has 166 valence electrons. The number of thiophene rings is 2. The number of amides is 2. The summed E-state index contributed by atoms with van der Waals surface area (Å²) in [6.07, 6.45) is 2.71. The van der Waals surface area contributed by atoms with Gasteiger partial charge >= 0.3 is 0 Å². The molecule has 8 heteroatoms. The lowest BCUT2D eigenvalue weighted by Crippen LogP contribution is -2.47. The van der Waals surface area contributed by atoms with Gasteiger partial charge in [-0.15, -0.1) is 29.3 Å². The average molecular weight is 505 g/mol. The summed E-state index contributed by atoms with van der Waals surface area (Å²) < 4.78 is 0. The Hall–Kier alpha value is -2.12. The molecule has 0 radical (unpaired) electrons. The van der Waals surface area contributed by atoms with Crippen LogP contribution in [-0.2, 0) is 22.4 Å². The summed E-state index contributed by atoms with van der Waals surface area (Å²) in [5.41, 5.74) is 1.92. The van der Waals surface area contributed by atoms with Gasteiger partial charge in [0.05, 0.1) is 12.5 Å². The summed E-state index contributed by atoms with van der Waals surface area (Å²) in [5, 5.41) is 5.06. The van der Waals surface area contributed by atoms with Gasteiger partial charge in [0.15, 0.2) is 0 Å². The summed E-state index contributed by atoms with van der Waals surface area (Å²) >= 11 is 15.9. The van der Waals surface area contributed by atoms with Crippen molar-refractivity contribution < 1.29 is 9.59 Å². The Kier molecular flexibility index (Phi) is 7.36. The zero-order valence-corrected chi connectivity index (χ0v) is 20.4. The highest BCUT2D eigenvalue weighted by Crippen LogP contribution is 2.41. The van der Waals surface area contributed by atoms with Gasteiger partial charge < -0.3 is 9.80 Å². The average Bonchev–Trinajstić information content (AvgIpc) is 3.44. The van der Waals surface area contributed by atoms with E-state index in [1.165, 1.54) is 16.2 Å². The number of benzene rings is 1. The number of hydrogen-bond acceptors (Lipinski definition) is 4. The lowest BCUT2D eigenvalue weighted by atomic mass is 9.93. The topological polar surface area (TPSA) is 40.6 Å². The van der Waals surface area contributed by atoms with Crippen LogP contribution < -0.4 is 0 Å². The summed E-state index contributed by atoms with van der Waals surface area (Å²) in [6.45, 7) is 4.64. The van der Waals surface area contributed by atoms with E-state index in [-0.39, 0.29) is 30.8 Å². The van der Waals surface area contributed by atoms with Crippen LogP contribution in [0.1, 0.15) is 26.9 Å². The van der Waals surface area contributed by atoms with Crippen molar-refractivity contribution >= 4 is 57.7 Å². The maximum absolute atomic E-state index is 13.5. The largest absolute Gasteiger partial charge is 0.330 e. The zero-order valence-electron chi connectivity index (χ0n) is 17.3. The van der Waals surface area contributed by atoms with E-state index >= 15 is 0 Å². The molecule has 0 saturated carbocycles. The third-order valence-corrected chi connectivity index (χ3v) is 7.91. The van der Waals surface area contributed by atoms with E-state index < -0.39 is 0 Å². The number of rotatable bonds is 7. The molecule has 2 aromatic heterocycles. The maximum Gasteiger partial charge on any atom is 0.243 e. The van der Waals surface area contributed by atoms with Crippen molar-refractivity contribution in [3.63, 3.8) is 0 Å². The fraction of sp³-hybridized carbons (Fsp3) is 0.250. The first-order valence-corrected chi connectivity index (χ1v) is 12.7. The summed E-state index contributed by atoms with van der Waals surface area (Å²) in [6, 6.07) is 11.0. The SMILES string of the molecule is C=CCN(CC(=O)N1CCc2sccc2C1c1ccc(Cl)cc1Cl)C(=O)Cc1cccs1. The molecule has 1 aliphatic heterocycles. The molecule has 1 unspecified atom stereocenters. The molecule has 4 nitrogen and oxygen atoms in total. The molecule has 0 saturated heterocycles. The molecule has 0 N–H and O–H groups in total. The van der Waals surface area contributed by atoms with Crippen molar-refractivity contribution in [1.82, 2.24) is 9.80 Å². The van der Waals surface area contributed by atoms with Crippen LogP contribution in [0, 0.1) is 0 Å². The third kappa shape index (κ3) is 4.94. The van der Waals surface area contributed by atoms with Crippen molar-refractivity contribution in [2.75, 3.05) is 19.6 Å². The predicted octanol–water partition coefficient (Wildman–Crippen LogP) is 5.85. The molecule has 1 aliphatic rings. The Bertz CT molecular complexity index is 1130. The van der Waals surface area contributed by atoms with Gasteiger partial charge in [0, 0.05) is 32.9 Å². The second-order valence-electron chi connectivity index (χ2n) is 7.52. The fourth-order valence-corrected chi connectivity index (χ4v) is 6.09. The highest BCUT2D eigenvalue weighted by molar-refractivity contribution is 7.10. The second-order valence-corrected chi connectivity index (χ2v) is 10.4. The van der Waals surface area contributed by atoms with Crippen LogP contribution in [0.3, 0.4) is 0 Å². The predicted molar refractivity (Wildman–Crippen MR) is 133 cm³/mol. The van der Waals surface area contributed by atoms with E-state index in [1.54, 1.807) is 34.4 Å². The third-order valence-electron chi connectivity index (χ3n) is 5.48. The first-order chi connectivity index (χ1) is 15.5. The minimum absolute atomic E-state index is 0.00257. The number of halogens is 2. The molecule has 2 amide bonds. The van der Waals surface area contributed by atoms with Crippen LogP contribution in [0.15, 0.2) is 59.8 Å². The van der Waals surface area contributed by atoms with E-state index in [4.69, 9.17) is 23.2 Å². The van der Waals surface area contributed by atoms with Gasteiger partial charge in [0.1, 0.15) is 6.54 Å². The van der Waals surface area contributed by atoms with Gasteiger partial charge in [-0.2, -0.15) is 0 Å². The van der Waals surface area contributed by atoms with Crippen LogP contribution in [0.25, 0.3) is 0 Å². The van der Waals surface area contributed by atoms with Crippen LogP contribution in [-0.4, -0.2) is 41.2 Å². The van der Waals surface area contributed by atoms with E-state index in [0.29, 0.717) is 23.1 Å². The maximum atomic E-state index is 13.5. The Morgan fingerprint density at radius 1 is 1.16 bits per heavy atom. The van der Waals surface area contributed by atoms with Gasteiger partial charge in [-0.3, -0.25) is 9.59 Å². The molecule has 0 bridgehead atoms. The fourth-order valence-electron chi connectivity index (χ4n) is 3.98. The number of fused-ring (bicyclic) bond motifs is 1. The summed E-state index contributed by atoms with van der Waals surface area (Å²) in [4.78, 5) is 32.0. The lowest BCUT2D eigenvalue weighted by molar-refractivity contribution is -0.141. The Morgan fingerprint density at radius 3 is 2.72 bits per heavy atom. The van der Waals surface area contributed by atoms with Gasteiger partial charge in [-0.05, 0) is 52.6 Å². The van der Waals surface area contributed by atoms with Crippen molar-refractivity contribution in [3.05, 3.63) is 90.7 Å². The lowest BCUT2D eigenvalue weighted by Gasteiger charge is -2.38. The van der Waals surface area contributed by atoms with E-state index in [0.717, 1.165) is 22.4 Å². The van der Waals surface area contributed by atoms with Gasteiger partial charge in [0.2, 0.25) is 11.8 Å². The van der Waals surface area contributed by atoms with Crippen molar-refractivity contribution in [2.45, 2.75) is 18.9 Å². The Balaban J connectivity index is 1.60. The molecule has 1 atom stereocenters. The number of carbonyl (C=O) groups excluding carboxylic acids is 2. The van der Waals surface area contributed by atoms with E-state index in [2.05, 4.69) is 12.6 Å². The van der Waals surface area contributed by atoms with E-state index in [9.17, 15) is 9.59 Å². The van der Waals surface area contributed by atoms with Gasteiger partial charge in [-0.1, -0.05) is 41.4 Å².